The number of benzene rings is 1. The molecule has 3 rings (SSSR count). The highest BCUT2D eigenvalue weighted by Gasteiger charge is 2.27. The number of ether oxygens (including phenoxy) is 1. The van der Waals surface area contributed by atoms with E-state index in [0.717, 1.165) is 22.7 Å². The van der Waals surface area contributed by atoms with Crippen molar-refractivity contribution in [1.29, 1.82) is 0 Å². The fourth-order valence-electron chi connectivity index (χ4n) is 2.84. The maximum atomic E-state index is 14.3. The number of nitrogens with one attached hydrogen (secondary N) is 1. The lowest BCUT2D eigenvalue weighted by Gasteiger charge is -2.15. The van der Waals surface area contributed by atoms with Gasteiger partial charge in [0.2, 0.25) is 0 Å². The van der Waals surface area contributed by atoms with Crippen LogP contribution in [0, 0.1) is 5.82 Å². The minimum absolute atomic E-state index is 0.161. The van der Waals surface area contributed by atoms with Gasteiger partial charge in [0.1, 0.15) is 6.23 Å². The van der Waals surface area contributed by atoms with E-state index in [-0.39, 0.29) is 12.7 Å². The highest BCUT2D eigenvalue weighted by atomic mass is 19.1. The molecule has 1 aromatic carbocycles. The monoisotopic (exact) mass is 361 g/mol. The molecule has 1 fully saturated rings. The summed E-state index contributed by atoms with van der Waals surface area (Å²) in [6.07, 6.45) is 1.81. The molecule has 0 saturated carbocycles. The number of amides is 1. The molecule has 0 bridgehead atoms. The second kappa shape index (κ2) is 7.76. The summed E-state index contributed by atoms with van der Waals surface area (Å²) in [5.74, 6) is -1.81. The van der Waals surface area contributed by atoms with Gasteiger partial charge in [0, 0.05) is 5.56 Å². The summed E-state index contributed by atoms with van der Waals surface area (Å²) < 4.78 is 20.8. The number of aliphatic hydroxyl groups is 1. The average Bonchev–Trinajstić information content (AvgIpc) is 3.13. The van der Waals surface area contributed by atoms with E-state index in [9.17, 15) is 14.0 Å². The number of aliphatic hydroxyl groups excluding tert-OH is 1. The van der Waals surface area contributed by atoms with Crippen LogP contribution in [0.3, 0.4) is 0 Å². The Morgan fingerprint density at radius 2 is 2.12 bits per heavy atom. The molecule has 2 heterocycles. The van der Waals surface area contributed by atoms with Crippen molar-refractivity contribution in [3.8, 4) is 0 Å². The first-order chi connectivity index (χ1) is 12.5. The smallest absolute Gasteiger partial charge is 0.351 e. The third-order valence-electron chi connectivity index (χ3n) is 4.36. The van der Waals surface area contributed by atoms with Crippen molar-refractivity contribution in [2.24, 2.45) is 0 Å². The molecule has 0 aliphatic carbocycles. The molecular formula is C18H20FN3O4. The molecule has 1 aromatic heterocycles. The quantitative estimate of drug-likeness (QED) is 0.848. The minimum atomic E-state index is -0.834. The summed E-state index contributed by atoms with van der Waals surface area (Å²) in [7, 11) is 0. The van der Waals surface area contributed by atoms with Gasteiger partial charge >= 0.3 is 5.69 Å². The first-order valence-corrected chi connectivity index (χ1v) is 8.47. The number of aryl methyl sites for hydroxylation is 1. The van der Waals surface area contributed by atoms with Crippen molar-refractivity contribution in [1.82, 2.24) is 9.55 Å². The molecule has 1 amide bonds. The Bertz CT molecular complexity index is 851. The van der Waals surface area contributed by atoms with E-state index in [2.05, 4.69) is 10.3 Å². The second-order valence-corrected chi connectivity index (χ2v) is 6.10. The number of anilines is 1. The van der Waals surface area contributed by atoms with Gasteiger partial charge in [-0.05, 0) is 37.0 Å². The van der Waals surface area contributed by atoms with Crippen LogP contribution in [0.5, 0.6) is 0 Å². The Labute approximate surface area is 149 Å². The van der Waals surface area contributed by atoms with Crippen molar-refractivity contribution in [2.45, 2.75) is 38.5 Å². The highest BCUT2D eigenvalue weighted by Crippen LogP contribution is 2.27. The van der Waals surface area contributed by atoms with Crippen LogP contribution in [-0.4, -0.2) is 33.3 Å². The van der Waals surface area contributed by atoms with Crippen LogP contribution in [0.2, 0.25) is 0 Å². The lowest BCUT2D eigenvalue weighted by atomic mass is 10.1. The van der Waals surface area contributed by atoms with E-state index in [1.165, 1.54) is 0 Å². The summed E-state index contributed by atoms with van der Waals surface area (Å²) in [6.45, 7) is 1.84. The molecule has 0 spiro atoms. The lowest BCUT2D eigenvalue weighted by molar-refractivity contribution is -0.0249. The molecule has 1 aliphatic heterocycles. The fraction of sp³-hybridized carbons (Fsp3) is 0.389. The first-order valence-electron chi connectivity index (χ1n) is 8.47. The molecular weight excluding hydrogens is 341 g/mol. The number of aromatic nitrogens is 2. The number of halogens is 1. The van der Waals surface area contributed by atoms with Crippen LogP contribution in [0.1, 0.15) is 41.9 Å². The van der Waals surface area contributed by atoms with Gasteiger partial charge in [0.05, 0.1) is 18.9 Å². The van der Waals surface area contributed by atoms with Gasteiger partial charge in [-0.25, -0.2) is 9.18 Å². The third-order valence-corrected chi connectivity index (χ3v) is 4.36. The summed E-state index contributed by atoms with van der Waals surface area (Å²) in [5, 5.41) is 11.4. The van der Waals surface area contributed by atoms with Crippen LogP contribution in [0.25, 0.3) is 0 Å². The van der Waals surface area contributed by atoms with E-state index in [4.69, 9.17) is 9.84 Å². The largest absolute Gasteiger partial charge is 0.394 e. The predicted molar refractivity (Wildman–Crippen MR) is 92.5 cm³/mol. The van der Waals surface area contributed by atoms with Crippen molar-refractivity contribution in [3.05, 3.63) is 57.9 Å². The molecule has 138 valence electrons. The number of hydrogen-bond donors (Lipinski definition) is 2. The van der Waals surface area contributed by atoms with Crippen LogP contribution < -0.4 is 11.0 Å². The van der Waals surface area contributed by atoms with Gasteiger partial charge in [-0.1, -0.05) is 19.1 Å². The molecule has 0 radical (unpaired) electrons. The molecule has 1 saturated heterocycles. The van der Waals surface area contributed by atoms with Crippen molar-refractivity contribution in [2.75, 3.05) is 11.9 Å². The zero-order valence-electron chi connectivity index (χ0n) is 14.3. The van der Waals surface area contributed by atoms with Crippen molar-refractivity contribution >= 4 is 11.7 Å². The normalized spacial score (nSPS) is 19.5. The molecule has 0 unspecified atom stereocenters. The Balaban J connectivity index is 1.77. The predicted octanol–water partition coefficient (Wildman–Crippen LogP) is 1.87. The van der Waals surface area contributed by atoms with Gasteiger partial charge in [0.15, 0.2) is 11.6 Å². The number of hydrogen-bond acceptors (Lipinski definition) is 5. The molecule has 2 aromatic rings. The minimum Gasteiger partial charge on any atom is -0.394 e. The van der Waals surface area contributed by atoms with E-state index in [1.807, 2.05) is 19.1 Å². The van der Waals surface area contributed by atoms with Gasteiger partial charge in [-0.2, -0.15) is 4.98 Å². The summed E-state index contributed by atoms with van der Waals surface area (Å²) in [5.41, 5.74) is 0.690. The summed E-state index contributed by atoms with van der Waals surface area (Å²) >= 11 is 0. The zero-order chi connectivity index (χ0) is 18.7. The van der Waals surface area contributed by atoms with E-state index in [1.54, 1.807) is 12.1 Å². The molecule has 2 atom stereocenters. The third kappa shape index (κ3) is 3.81. The molecule has 26 heavy (non-hydrogen) atoms. The summed E-state index contributed by atoms with van der Waals surface area (Å²) in [6, 6.07) is 6.89. The van der Waals surface area contributed by atoms with Crippen molar-refractivity contribution in [3.63, 3.8) is 0 Å². The first kappa shape index (κ1) is 18.2. The molecule has 2 N–H and O–H groups in total. The maximum Gasteiger partial charge on any atom is 0.351 e. The Kier molecular flexibility index (Phi) is 5.43. The Hall–Kier alpha value is -2.58. The van der Waals surface area contributed by atoms with Crippen LogP contribution in [0.15, 0.2) is 35.3 Å². The zero-order valence-corrected chi connectivity index (χ0v) is 14.3. The molecule has 8 heteroatoms. The van der Waals surface area contributed by atoms with E-state index < -0.39 is 29.5 Å². The van der Waals surface area contributed by atoms with E-state index in [0.29, 0.717) is 18.4 Å². The second-order valence-electron chi connectivity index (χ2n) is 6.10. The Morgan fingerprint density at radius 3 is 2.73 bits per heavy atom. The maximum absolute atomic E-state index is 14.3. The van der Waals surface area contributed by atoms with Gasteiger partial charge in [-0.15, -0.1) is 0 Å². The van der Waals surface area contributed by atoms with Crippen LogP contribution in [0.4, 0.5) is 10.2 Å². The number of carbonyl (C=O) groups excluding carboxylic acids is 1. The average molecular weight is 361 g/mol. The Morgan fingerprint density at radius 1 is 1.38 bits per heavy atom. The number of nitrogens with zero attached hydrogens (tertiary/aromatic N) is 2. The highest BCUT2D eigenvalue weighted by molar-refractivity contribution is 6.03. The number of rotatable bonds is 5. The van der Waals surface area contributed by atoms with Crippen LogP contribution in [-0.2, 0) is 11.2 Å². The number of carbonyl (C=O) groups is 1. The molecule has 7 nitrogen and oxygen atoms in total. The topological polar surface area (TPSA) is 93.5 Å². The van der Waals surface area contributed by atoms with Gasteiger partial charge in [-0.3, -0.25) is 9.36 Å². The molecule has 1 aliphatic rings. The van der Waals surface area contributed by atoms with Gasteiger partial charge in [0.25, 0.3) is 5.91 Å². The van der Waals surface area contributed by atoms with E-state index >= 15 is 0 Å². The standard InChI is InChI=1S/C18H20FN3O4/c1-2-11-3-5-12(6-4-11)17(24)20-16-14(19)9-22(18(25)21-16)15-8-7-13(10-23)26-15/h3-6,9,13,15,23H,2,7-8,10H2,1H3,(H,20,21,24,25)/t13-,15+/m0/s1. The lowest BCUT2D eigenvalue weighted by Crippen LogP contribution is -2.30. The fourth-order valence-corrected chi connectivity index (χ4v) is 2.84. The van der Waals surface area contributed by atoms with Crippen molar-refractivity contribution < 1.29 is 19.0 Å². The van der Waals surface area contributed by atoms with Gasteiger partial charge < -0.3 is 15.2 Å². The SMILES string of the molecule is CCc1ccc(C(=O)Nc2nc(=O)n([C@H]3CC[C@@H](CO)O3)cc2F)cc1. The van der Waals surface area contributed by atoms with Crippen LogP contribution >= 0.6 is 0 Å². The summed E-state index contributed by atoms with van der Waals surface area (Å²) in [4.78, 5) is 28.0.